The van der Waals surface area contributed by atoms with Crippen molar-refractivity contribution < 1.29 is 18.0 Å². The molecule has 2 aliphatic rings. The zero-order valence-electron chi connectivity index (χ0n) is 20.4. The van der Waals surface area contributed by atoms with Gasteiger partial charge in [0.15, 0.2) is 0 Å². The van der Waals surface area contributed by atoms with E-state index < -0.39 is 10.0 Å². The van der Waals surface area contributed by atoms with Crippen LogP contribution in [0.5, 0.6) is 0 Å². The summed E-state index contributed by atoms with van der Waals surface area (Å²) in [5.41, 5.74) is 2.90. The normalized spacial score (nSPS) is 21.3. The van der Waals surface area contributed by atoms with Crippen molar-refractivity contribution in [1.82, 2.24) is 14.5 Å². The van der Waals surface area contributed by atoms with Crippen molar-refractivity contribution in [3.05, 3.63) is 65.7 Å². The minimum absolute atomic E-state index is 0.0301. The first-order chi connectivity index (χ1) is 16.7. The molecule has 2 aromatic rings. The highest BCUT2D eigenvalue weighted by molar-refractivity contribution is 7.88. The third-order valence-electron chi connectivity index (χ3n) is 6.96. The number of amides is 2. The number of benzene rings is 2. The fourth-order valence-electron chi connectivity index (χ4n) is 5.23. The number of fused-ring (bicyclic) bond motifs is 3. The number of sulfonamides is 1. The first kappa shape index (κ1) is 25.3. The Hall–Kier alpha value is -2.75. The number of hydrogen-bond acceptors (Lipinski definition) is 5. The van der Waals surface area contributed by atoms with E-state index in [1.54, 1.807) is 11.8 Å². The molecule has 4 rings (SSSR count). The lowest BCUT2D eigenvalue weighted by atomic mass is 10.1. The minimum Gasteiger partial charge on any atom is -0.336 e. The highest BCUT2D eigenvalue weighted by Gasteiger charge is 2.36. The summed E-state index contributed by atoms with van der Waals surface area (Å²) in [6.45, 7) is 3.48. The molecule has 2 bridgehead atoms. The first-order valence-corrected chi connectivity index (χ1v) is 14.0. The molecule has 0 spiro atoms. The lowest BCUT2D eigenvalue weighted by Gasteiger charge is -2.34. The number of nitrogens with zero attached hydrogens (tertiary/aromatic N) is 3. The van der Waals surface area contributed by atoms with Crippen LogP contribution in [0.1, 0.15) is 37.3 Å². The van der Waals surface area contributed by atoms with Gasteiger partial charge in [0.25, 0.3) is 0 Å². The Labute approximate surface area is 207 Å². The lowest BCUT2D eigenvalue weighted by Crippen LogP contribution is -2.47. The molecule has 2 aliphatic heterocycles. The monoisotopic (exact) mass is 498 g/mol. The predicted molar refractivity (Wildman–Crippen MR) is 136 cm³/mol. The van der Waals surface area contributed by atoms with Gasteiger partial charge < -0.3 is 9.80 Å². The second-order valence-corrected chi connectivity index (χ2v) is 11.3. The van der Waals surface area contributed by atoms with Gasteiger partial charge in [0.1, 0.15) is 0 Å². The third-order valence-corrected chi connectivity index (χ3v) is 7.63. The summed E-state index contributed by atoms with van der Waals surface area (Å²) in [7, 11) is -3.50. The Kier molecular flexibility index (Phi) is 7.88. The lowest BCUT2D eigenvalue weighted by molar-refractivity contribution is -0.131. The van der Waals surface area contributed by atoms with Crippen molar-refractivity contribution in [2.45, 2.75) is 51.4 Å². The SMILES string of the molecule is CC(=O)N1CC[C@@H]2CC[C@H](CN(C(=O)CNS(C)(=O)=O)Cc3ccccc31)N2Cc1ccccc1. The van der Waals surface area contributed by atoms with E-state index in [0.717, 1.165) is 43.3 Å². The maximum atomic E-state index is 13.3. The molecule has 2 aromatic carbocycles. The van der Waals surface area contributed by atoms with Crippen molar-refractivity contribution in [2.24, 2.45) is 0 Å². The van der Waals surface area contributed by atoms with Crippen LogP contribution in [0.2, 0.25) is 0 Å². The number of para-hydroxylation sites is 1. The van der Waals surface area contributed by atoms with Crippen LogP contribution in [0.4, 0.5) is 5.69 Å². The highest BCUT2D eigenvalue weighted by atomic mass is 32.2. The van der Waals surface area contributed by atoms with Gasteiger partial charge in [0.2, 0.25) is 21.8 Å². The highest BCUT2D eigenvalue weighted by Crippen LogP contribution is 2.32. The molecular formula is C26H34N4O4S. The molecule has 35 heavy (non-hydrogen) atoms. The fraction of sp³-hybridized carbons (Fsp3) is 0.462. The van der Waals surface area contributed by atoms with Gasteiger partial charge in [-0.2, -0.15) is 0 Å². The zero-order chi connectivity index (χ0) is 25.0. The summed E-state index contributed by atoms with van der Waals surface area (Å²) < 4.78 is 25.6. The van der Waals surface area contributed by atoms with Crippen LogP contribution in [-0.2, 0) is 32.7 Å². The fourth-order valence-corrected chi connectivity index (χ4v) is 5.61. The molecule has 0 radical (unpaired) electrons. The van der Waals surface area contributed by atoms with Crippen molar-refractivity contribution in [1.29, 1.82) is 0 Å². The Morgan fingerprint density at radius 3 is 2.37 bits per heavy atom. The smallest absolute Gasteiger partial charge is 0.237 e. The van der Waals surface area contributed by atoms with Crippen LogP contribution in [0, 0.1) is 0 Å². The minimum atomic E-state index is -3.50. The van der Waals surface area contributed by atoms with Gasteiger partial charge in [-0.3, -0.25) is 14.5 Å². The van der Waals surface area contributed by atoms with Crippen molar-refractivity contribution in [3.63, 3.8) is 0 Å². The Morgan fingerprint density at radius 1 is 0.971 bits per heavy atom. The molecule has 9 heteroatoms. The van der Waals surface area contributed by atoms with Crippen LogP contribution in [0.15, 0.2) is 54.6 Å². The van der Waals surface area contributed by atoms with E-state index in [1.165, 1.54) is 5.56 Å². The van der Waals surface area contributed by atoms with Gasteiger partial charge in [-0.05, 0) is 36.5 Å². The summed E-state index contributed by atoms with van der Waals surface area (Å²) in [4.78, 5) is 32.0. The molecule has 2 amide bonds. The molecule has 0 aliphatic carbocycles. The zero-order valence-corrected chi connectivity index (χ0v) is 21.2. The van der Waals surface area contributed by atoms with E-state index in [0.29, 0.717) is 25.7 Å². The number of nitrogens with one attached hydrogen (secondary N) is 1. The number of carbonyl (C=O) groups excluding carboxylic acids is 2. The topological polar surface area (TPSA) is 90.0 Å². The maximum Gasteiger partial charge on any atom is 0.237 e. The summed E-state index contributed by atoms with van der Waals surface area (Å²) in [6.07, 6.45) is 3.84. The summed E-state index contributed by atoms with van der Waals surface area (Å²) >= 11 is 0. The average Bonchev–Trinajstić information content (AvgIpc) is 3.17. The number of hydrogen-bond donors (Lipinski definition) is 1. The van der Waals surface area contributed by atoms with E-state index >= 15 is 0 Å². The van der Waals surface area contributed by atoms with E-state index in [4.69, 9.17) is 0 Å². The molecule has 2 heterocycles. The Balaban J connectivity index is 1.69. The average molecular weight is 499 g/mol. The predicted octanol–water partition coefficient (Wildman–Crippen LogP) is 2.35. The second-order valence-electron chi connectivity index (χ2n) is 9.50. The number of anilines is 1. The molecule has 1 N–H and O–H groups in total. The molecule has 0 aromatic heterocycles. The second kappa shape index (κ2) is 10.9. The summed E-state index contributed by atoms with van der Waals surface area (Å²) in [5.74, 6) is -0.306. The quantitative estimate of drug-likeness (QED) is 0.684. The van der Waals surface area contributed by atoms with E-state index in [2.05, 4.69) is 21.8 Å². The van der Waals surface area contributed by atoms with Crippen LogP contribution in [0.3, 0.4) is 0 Å². The van der Waals surface area contributed by atoms with Gasteiger partial charge >= 0.3 is 0 Å². The van der Waals surface area contributed by atoms with Gasteiger partial charge in [-0.15, -0.1) is 0 Å². The summed E-state index contributed by atoms with van der Waals surface area (Å²) in [5, 5.41) is 0. The molecule has 8 nitrogen and oxygen atoms in total. The van der Waals surface area contributed by atoms with Gasteiger partial charge in [0.05, 0.1) is 12.8 Å². The molecule has 188 valence electrons. The van der Waals surface area contributed by atoms with E-state index in [-0.39, 0.29) is 24.4 Å². The molecule has 2 atom stereocenters. The Bertz CT molecular complexity index is 1150. The largest absolute Gasteiger partial charge is 0.336 e. The first-order valence-electron chi connectivity index (χ1n) is 12.1. The van der Waals surface area contributed by atoms with Gasteiger partial charge in [-0.25, -0.2) is 13.1 Å². The maximum absolute atomic E-state index is 13.3. The molecule has 0 saturated carbocycles. The standard InChI is InChI=1S/C26H34N4O4S/c1-20(31)29-15-14-23-12-13-24(30(23)17-21-8-4-3-5-9-21)19-28(26(32)16-27-35(2,33)34)18-22-10-6-7-11-25(22)29/h3-11,23-24,27H,12-19H2,1-2H3/t23-,24+/m0/s1. The van der Waals surface area contributed by atoms with Crippen LogP contribution in [-0.4, -0.2) is 68.0 Å². The van der Waals surface area contributed by atoms with Crippen LogP contribution >= 0.6 is 0 Å². The Morgan fingerprint density at radius 2 is 1.66 bits per heavy atom. The van der Waals surface area contributed by atoms with Crippen molar-refractivity contribution in [2.75, 3.05) is 30.8 Å². The van der Waals surface area contributed by atoms with Crippen LogP contribution in [0.25, 0.3) is 0 Å². The summed E-state index contributed by atoms with van der Waals surface area (Å²) in [6, 6.07) is 18.4. The number of carbonyl (C=O) groups is 2. The molecule has 1 fully saturated rings. The van der Waals surface area contributed by atoms with Crippen LogP contribution < -0.4 is 9.62 Å². The van der Waals surface area contributed by atoms with E-state index in [1.807, 2.05) is 47.4 Å². The van der Waals surface area contributed by atoms with Gasteiger partial charge in [-0.1, -0.05) is 48.5 Å². The van der Waals surface area contributed by atoms with Gasteiger partial charge in [0, 0.05) is 50.9 Å². The van der Waals surface area contributed by atoms with E-state index in [9.17, 15) is 18.0 Å². The molecular weight excluding hydrogens is 464 g/mol. The van der Waals surface area contributed by atoms with Crippen molar-refractivity contribution >= 4 is 27.5 Å². The number of rotatable bonds is 5. The van der Waals surface area contributed by atoms with Crippen molar-refractivity contribution in [3.8, 4) is 0 Å². The third kappa shape index (κ3) is 6.48. The molecule has 1 saturated heterocycles. The molecule has 0 unspecified atom stereocenters.